The topological polar surface area (TPSA) is 47.1 Å². The molecule has 0 bridgehead atoms. The molecule has 2 aromatic rings. The molecule has 1 aromatic carbocycles. The van der Waals surface area contributed by atoms with E-state index in [-0.39, 0.29) is 0 Å². The minimum atomic E-state index is 0.949. The molecule has 0 spiro atoms. The molecular formula is C15H20N4. The lowest BCUT2D eigenvalue weighted by Gasteiger charge is -2.29. The van der Waals surface area contributed by atoms with E-state index in [9.17, 15) is 0 Å². The highest BCUT2D eigenvalue weighted by molar-refractivity contribution is 5.51. The summed E-state index contributed by atoms with van der Waals surface area (Å²) in [5.41, 5.74) is 11.0. The largest absolute Gasteiger partial charge is 0.398 e. The molecule has 3 rings (SSSR count). The molecule has 0 atom stereocenters. The first-order chi connectivity index (χ1) is 9.22. The van der Waals surface area contributed by atoms with E-state index < -0.39 is 0 Å². The van der Waals surface area contributed by atoms with E-state index in [1.807, 2.05) is 24.0 Å². The normalized spacial score (nSPS) is 15.4. The zero-order valence-electron chi connectivity index (χ0n) is 11.3. The van der Waals surface area contributed by atoms with Gasteiger partial charge in [-0.1, -0.05) is 12.1 Å². The summed E-state index contributed by atoms with van der Waals surface area (Å²) < 4.78 is 1.86. The quantitative estimate of drug-likeness (QED) is 0.849. The monoisotopic (exact) mass is 256 g/mol. The van der Waals surface area contributed by atoms with Crippen LogP contribution in [0.2, 0.25) is 0 Å². The fourth-order valence-electron chi connectivity index (χ4n) is 2.78. The fraction of sp³-hybridized carbons (Fsp3) is 0.400. The Bertz CT molecular complexity index is 573. The van der Waals surface area contributed by atoms with Crippen LogP contribution in [0.5, 0.6) is 0 Å². The summed E-state index contributed by atoms with van der Waals surface area (Å²) >= 11 is 0. The van der Waals surface area contributed by atoms with Gasteiger partial charge in [0, 0.05) is 38.6 Å². The van der Waals surface area contributed by atoms with Gasteiger partial charge in [-0.2, -0.15) is 5.10 Å². The first kappa shape index (κ1) is 12.2. The summed E-state index contributed by atoms with van der Waals surface area (Å²) in [7, 11) is 1.96. The molecule has 1 aromatic heterocycles. The maximum absolute atomic E-state index is 6.03. The lowest BCUT2D eigenvalue weighted by Crippen LogP contribution is -2.32. The number of anilines is 1. The Hall–Kier alpha value is -1.81. The molecule has 1 aliphatic heterocycles. The van der Waals surface area contributed by atoms with E-state index in [0.717, 1.165) is 38.2 Å². The number of nitrogens with zero attached hydrogens (tertiary/aromatic N) is 3. The Morgan fingerprint density at radius 3 is 3.05 bits per heavy atom. The zero-order valence-corrected chi connectivity index (χ0v) is 11.3. The molecule has 0 aliphatic carbocycles. The molecule has 0 amide bonds. The van der Waals surface area contributed by atoms with Crippen LogP contribution in [0.4, 0.5) is 5.69 Å². The summed E-state index contributed by atoms with van der Waals surface area (Å²) in [5.74, 6) is 0. The van der Waals surface area contributed by atoms with Gasteiger partial charge in [0.2, 0.25) is 0 Å². The molecular weight excluding hydrogens is 236 g/mol. The van der Waals surface area contributed by atoms with Crippen molar-refractivity contribution in [2.75, 3.05) is 18.8 Å². The third kappa shape index (κ3) is 2.63. The number of rotatable bonds is 3. The van der Waals surface area contributed by atoms with Crippen molar-refractivity contribution in [2.45, 2.75) is 19.4 Å². The average molecular weight is 256 g/mol. The van der Waals surface area contributed by atoms with Gasteiger partial charge >= 0.3 is 0 Å². The van der Waals surface area contributed by atoms with Gasteiger partial charge < -0.3 is 5.73 Å². The minimum Gasteiger partial charge on any atom is -0.398 e. The maximum Gasteiger partial charge on any atom is 0.0522 e. The van der Waals surface area contributed by atoms with E-state index >= 15 is 0 Å². The summed E-state index contributed by atoms with van der Waals surface area (Å²) in [4.78, 5) is 2.49. The molecule has 0 saturated heterocycles. The first-order valence-electron chi connectivity index (χ1n) is 6.78. The Kier molecular flexibility index (Phi) is 3.25. The van der Waals surface area contributed by atoms with Crippen molar-refractivity contribution >= 4 is 5.69 Å². The molecule has 4 heteroatoms. The van der Waals surface area contributed by atoms with Gasteiger partial charge in [0.05, 0.1) is 6.20 Å². The van der Waals surface area contributed by atoms with Gasteiger partial charge in [-0.3, -0.25) is 9.58 Å². The van der Waals surface area contributed by atoms with Crippen LogP contribution in [0.3, 0.4) is 0 Å². The van der Waals surface area contributed by atoms with Gasteiger partial charge in [0.25, 0.3) is 0 Å². The van der Waals surface area contributed by atoms with Crippen LogP contribution in [0.25, 0.3) is 0 Å². The number of aryl methyl sites for hydroxylation is 1. The van der Waals surface area contributed by atoms with Gasteiger partial charge in [-0.25, -0.2) is 0 Å². The molecule has 1 aliphatic rings. The molecule has 19 heavy (non-hydrogen) atoms. The van der Waals surface area contributed by atoms with Crippen LogP contribution in [-0.2, 0) is 26.4 Å². The van der Waals surface area contributed by atoms with Crippen molar-refractivity contribution < 1.29 is 0 Å². The second kappa shape index (κ2) is 5.05. The molecule has 2 N–H and O–H groups in total. The molecule has 0 unspecified atom stereocenters. The lowest BCUT2D eigenvalue weighted by atomic mass is 9.98. The third-order valence-corrected chi connectivity index (χ3v) is 3.86. The minimum absolute atomic E-state index is 0.949. The van der Waals surface area contributed by atoms with E-state index in [0.29, 0.717) is 0 Å². The van der Waals surface area contributed by atoms with Crippen molar-refractivity contribution in [3.63, 3.8) is 0 Å². The third-order valence-electron chi connectivity index (χ3n) is 3.86. The molecule has 100 valence electrons. The van der Waals surface area contributed by atoms with Crippen molar-refractivity contribution in [1.29, 1.82) is 0 Å². The van der Waals surface area contributed by atoms with E-state index in [2.05, 4.69) is 28.3 Å². The van der Waals surface area contributed by atoms with Crippen LogP contribution in [-0.4, -0.2) is 27.8 Å². The van der Waals surface area contributed by atoms with Crippen LogP contribution in [0.1, 0.15) is 16.7 Å². The second-order valence-electron chi connectivity index (χ2n) is 5.28. The van der Waals surface area contributed by atoms with Crippen LogP contribution in [0.15, 0.2) is 30.6 Å². The highest BCUT2D eigenvalue weighted by atomic mass is 15.2. The van der Waals surface area contributed by atoms with E-state index in [4.69, 9.17) is 5.73 Å². The Labute approximate surface area is 113 Å². The van der Waals surface area contributed by atoms with E-state index in [1.54, 1.807) is 0 Å². The second-order valence-corrected chi connectivity index (χ2v) is 5.28. The zero-order chi connectivity index (χ0) is 13.2. The lowest BCUT2D eigenvalue weighted by molar-refractivity contribution is 0.257. The Morgan fingerprint density at radius 1 is 1.37 bits per heavy atom. The van der Waals surface area contributed by atoms with Gasteiger partial charge in [0.1, 0.15) is 0 Å². The van der Waals surface area contributed by atoms with Crippen molar-refractivity contribution in [2.24, 2.45) is 7.05 Å². The van der Waals surface area contributed by atoms with Crippen LogP contribution >= 0.6 is 0 Å². The highest BCUT2D eigenvalue weighted by Crippen LogP contribution is 2.24. The summed E-state index contributed by atoms with van der Waals surface area (Å²) in [6.45, 7) is 3.20. The number of aromatic nitrogens is 2. The van der Waals surface area contributed by atoms with E-state index in [1.165, 1.54) is 16.7 Å². The number of nitrogens with two attached hydrogens (primary N) is 1. The molecule has 0 saturated carbocycles. The number of hydrogen-bond donors (Lipinski definition) is 1. The van der Waals surface area contributed by atoms with Gasteiger partial charge in [-0.15, -0.1) is 0 Å². The average Bonchev–Trinajstić information content (AvgIpc) is 2.82. The SMILES string of the molecule is Cn1cc(CCN2CCc3c(N)cccc3C2)cn1. The molecule has 0 fully saturated rings. The fourth-order valence-corrected chi connectivity index (χ4v) is 2.78. The highest BCUT2D eigenvalue weighted by Gasteiger charge is 2.17. The summed E-state index contributed by atoms with van der Waals surface area (Å²) in [5, 5.41) is 4.21. The van der Waals surface area contributed by atoms with Crippen LogP contribution < -0.4 is 5.73 Å². The predicted octanol–water partition coefficient (Wildman–Crippen LogP) is 1.60. The summed E-state index contributed by atoms with van der Waals surface area (Å²) in [6, 6.07) is 6.25. The van der Waals surface area contributed by atoms with Crippen molar-refractivity contribution in [1.82, 2.24) is 14.7 Å². The smallest absolute Gasteiger partial charge is 0.0522 e. The van der Waals surface area contributed by atoms with Crippen LogP contribution in [0, 0.1) is 0 Å². The molecule has 2 heterocycles. The maximum atomic E-state index is 6.03. The van der Waals surface area contributed by atoms with Gasteiger partial charge in [0.15, 0.2) is 0 Å². The number of hydrogen-bond acceptors (Lipinski definition) is 3. The summed E-state index contributed by atoms with van der Waals surface area (Å²) in [6.07, 6.45) is 6.17. The van der Waals surface area contributed by atoms with Gasteiger partial charge in [-0.05, 0) is 35.6 Å². The first-order valence-corrected chi connectivity index (χ1v) is 6.78. The Morgan fingerprint density at radius 2 is 2.26 bits per heavy atom. The number of benzene rings is 1. The number of nitrogen functional groups attached to an aromatic ring is 1. The Balaban J connectivity index is 1.63. The predicted molar refractivity (Wildman–Crippen MR) is 76.7 cm³/mol. The molecule has 4 nitrogen and oxygen atoms in total. The number of fused-ring (bicyclic) bond motifs is 1. The van der Waals surface area contributed by atoms with Crippen molar-refractivity contribution in [3.05, 3.63) is 47.3 Å². The molecule has 0 radical (unpaired) electrons. The van der Waals surface area contributed by atoms with Crippen molar-refractivity contribution in [3.8, 4) is 0 Å². The standard InChI is InChI=1S/C15H20N4/c1-18-10-12(9-17-18)5-7-19-8-6-14-13(11-19)3-2-4-15(14)16/h2-4,9-10H,5-8,11,16H2,1H3.